The second-order valence-electron chi connectivity index (χ2n) is 7.44. The number of nitrogens with one attached hydrogen (secondary N) is 2. The maximum Gasteiger partial charge on any atom is 0.325 e. The number of ether oxygens (including phenoxy) is 2. The number of imide groups is 1. The number of benzene rings is 2. The van der Waals surface area contributed by atoms with Crippen molar-refractivity contribution in [3.63, 3.8) is 0 Å². The van der Waals surface area contributed by atoms with Gasteiger partial charge in [-0.05, 0) is 50.2 Å². The number of nitrogens with zero attached hydrogens (tertiary/aromatic N) is 4. The van der Waals surface area contributed by atoms with Gasteiger partial charge in [-0.2, -0.15) is 0 Å². The van der Waals surface area contributed by atoms with E-state index in [1.807, 2.05) is 23.7 Å². The number of amides is 3. The van der Waals surface area contributed by atoms with Crippen molar-refractivity contribution in [3.8, 4) is 22.9 Å². The van der Waals surface area contributed by atoms with Gasteiger partial charge in [0.25, 0.3) is 0 Å². The van der Waals surface area contributed by atoms with Gasteiger partial charge >= 0.3 is 6.03 Å². The normalized spacial score (nSPS) is 11.9. The highest BCUT2D eigenvalue weighted by atomic mass is 32.2. The molecule has 0 saturated heterocycles. The number of thioether (sulfide) groups is 1. The lowest BCUT2D eigenvalue weighted by atomic mass is 10.2. The Hall–Kier alpha value is -3.73. The molecule has 0 fully saturated rings. The predicted molar refractivity (Wildman–Crippen MR) is 130 cm³/mol. The van der Waals surface area contributed by atoms with Crippen molar-refractivity contribution >= 4 is 35.1 Å². The molecule has 1 aliphatic heterocycles. The fourth-order valence-electron chi connectivity index (χ4n) is 3.53. The van der Waals surface area contributed by atoms with E-state index in [1.54, 1.807) is 18.2 Å². The molecule has 10 nitrogen and oxygen atoms in total. The lowest BCUT2D eigenvalue weighted by molar-refractivity contribution is -0.117. The molecule has 2 aromatic carbocycles. The highest BCUT2D eigenvalue weighted by molar-refractivity contribution is 7.99. The number of fused-ring (bicyclic) bond motifs is 1. The first-order chi connectivity index (χ1) is 16.5. The Morgan fingerprint density at radius 2 is 1.79 bits per heavy atom. The lowest BCUT2D eigenvalue weighted by Crippen LogP contribution is -2.35. The van der Waals surface area contributed by atoms with Crippen molar-refractivity contribution in [2.75, 3.05) is 35.9 Å². The molecule has 34 heavy (non-hydrogen) atoms. The summed E-state index contributed by atoms with van der Waals surface area (Å²) < 4.78 is 12.3. The van der Waals surface area contributed by atoms with E-state index >= 15 is 0 Å². The van der Waals surface area contributed by atoms with Crippen LogP contribution in [0.2, 0.25) is 0 Å². The monoisotopic (exact) mass is 482 g/mol. The maximum atomic E-state index is 12.3. The average Bonchev–Trinajstić information content (AvgIpc) is 3.45. The third-order valence-electron chi connectivity index (χ3n) is 5.30. The van der Waals surface area contributed by atoms with Crippen LogP contribution in [-0.2, 0) is 11.8 Å². The van der Waals surface area contributed by atoms with Crippen LogP contribution in [0.15, 0.2) is 47.6 Å². The molecule has 0 radical (unpaired) electrons. The molecule has 0 spiro atoms. The molecular weight excluding hydrogens is 456 g/mol. The van der Waals surface area contributed by atoms with Crippen molar-refractivity contribution in [1.82, 2.24) is 20.1 Å². The fourth-order valence-corrected chi connectivity index (χ4v) is 4.24. The van der Waals surface area contributed by atoms with Crippen molar-refractivity contribution in [2.24, 2.45) is 7.05 Å². The molecule has 2 N–H and O–H groups in total. The summed E-state index contributed by atoms with van der Waals surface area (Å²) in [7, 11) is 1.85. The topological polar surface area (TPSA) is 111 Å². The molecule has 0 unspecified atom stereocenters. The molecule has 2 heterocycles. The highest BCUT2D eigenvalue weighted by Gasteiger charge is 2.17. The molecule has 0 saturated carbocycles. The first kappa shape index (κ1) is 23.4. The van der Waals surface area contributed by atoms with Gasteiger partial charge in [-0.25, -0.2) is 4.79 Å². The minimum Gasteiger partial charge on any atom is -0.454 e. The summed E-state index contributed by atoms with van der Waals surface area (Å²) in [6.07, 6.45) is 0. The van der Waals surface area contributed by atoms with Crippen LogP contribution in [0.3, 0.4) is 0 Å². The predicted octanol–water partition coefficient (Wildman–Crippen LogP) is 3.50. The largest absolute Gasteiger partial charge is 0.454 e. The molecule has 178 valence electrons. The summed E-state index contributed by atoms with van der Waals surface area (Å²) in [6, 6.07) is 12.5. The summed E-state index contributed by atoms with van der Waals surface area (Å²) >= 11 is 1.20. The Bertz CT molecular complexity index is 1180. The van der Waals surface area contributed by atoms with Gasteiger partial charge in [-0.1, -0.05) is 11.8 Å². The molecule has 0 atom stereocenters. The molecule has 11 heteroatoms. The van der Waals surface area contributed by atoms with Crippen LogP contribution in [0.4, 0.5) is 16.2 Å². The van der Waals surface area contributed by atoms with Crippen LogP contribution < -0.4 is 25.0 Å². The van der Waals surface area contributed by atoms with Crippen LogP contribution >= 0.6 is 11.8 Å². The van der Waals surface area contributed by atoms with Gasteiger partial charge in [0.15, 0.2) is 22.5 Å². The van der Waals surface area contributed by atoms with E-state index in [2.05, 4.69) is 51.7 Å². The number of carbonyl (C=O) groups is 2. The smallest absolute Gasteiger partial charge is 0.325 e. The molecular formula is C23H26N6O4S. The van der Waals surface area contributed by atoms with Crippen LogP contribution in [0.1, 0.15) is 13.8 Å². The Labute approximate surface area is 201 Å². The zero-order valence-electron chi connectivity index (χ0n) is 19.2. The van der Waals surface area contributed by atoms with Crippen LogP contribution in [0.5, 0.6) is 11.5 Å². The highest BCUT2D eigenvalue weighted by Crippen LogP contribution is 2.34. The van der Waals surface area contributed by atoms with Crippen molar-refractivity contribution < 1.29 is 19.1 Å². The standard InChI is InChI=1S/C23H26N6O4S/c1-4-29(5-2)17-9-6-15(7-10-17)21-26-27-23(28(21)3)34-13-20(30)25-22(31)24-16-8-11-18-19(12-16)33-14-32-18/h6-12H,4-5,13-14H2,1-3H3,(H2,24,25,30,31). The Morgan fingerprint density at radius 3 is 2.53 bits per heavy atom. The minimum atomic E-state index is -0.628. The van der Waals surface area contributed by atoms with Gasteiger partial charge in [-0.3, -0.25) is 10.1 Å². The summed E-state index contributed by atoms with van der Waals surface area (Å²) in [4.78, 5) is 26.7. The number of anilines is 2. The van der Waals surface area contributed by atoms with Gasteiger partial charge in [-0.15, -0.1) is 10.2 Å². The zero-order valence-corrected chi connectivity index (χ0v) is 20.0. The van der Waals surface area contributed by atoms with Crippen LogP contribution in [0.25, 0.3) is 11.4 Å². The summed E-state index contributed by atoms with van der Waals surface area (Å²) in [5, 5.41) is 14.0. The van der Waals surface area contributed by atoms with Crippen molar-refractivity contribution in [2.45, 2.75) is 19.0 Å². The van der Waals surface area contributed by atoms with Gasteiger partial charge in [0, 0.05) is 43.1 Å². The Morgan fingerprint density at radius 1 is 1.06 bits per heavy atom. The molecule has 4 rings (SSSR count). The van der Waals surface area contributed by atoms with Crippen molar-refractivity contribution in [3.05, 3.63) is 42.5 Å². The van der Waals surface area contributed by atoms with Gasteiger partial charge in [0.2, 0.25) is 12.7 Å². The second kappa shape index (κ2) is 10.5. The lowest BCUT2D eigenvalue weighted by Gasteiger charge is -2.21. The average molecular weight is 483 g/mol. The summed E-state index contributed by atoms with van der Waals surface area (Å²) in [6.45, 7) is 6.28. The van der Waals surface area contributed by atoms with E-state index in [-0.39, 0.29) is 12.5 Å². The first-order valence-electron chi connectivity index (χ1n) is 10.9. The maximum absolute atomic E-state index is 12.3. The van der Waals surface area contributed by atoms with E-state index in [0.29, 0.717) is 28.2 Å². The Balaban J connectivity index is 1.30. The first-order valence-corrected chi connectivity index (χ1v) is 11.8. The van der Waals surface area contributed by atoms with E-state index < -0.39 is 11.9 Å². The van der Waals surface area contributed by atoms with E-state index in [4.69, 9.17) is 9.47 Å². The Kier molecular flexibility index (Phi) is 7.21. The molecule has 0 bridgehead atoms. The van der Waals surface area contributed by atoms with Crippen molar-refractivity contribution in [1.29, 1.82) is 0 Å². The third-order valence-corrected chi connectivity index (χ3v) is 6.32. The molecule has 1 aromatic heterocycles. The van der Waals surface area contributed by atoms with Gasteiger partial charge in [0.1, 0.15) is 0 Å². The number of carbonyl (C=O) groups excluding carboxylic acids is 2. The fraction of sp³-hybridized carbons (Fsp3) is 0.304. The second-order valence-corrected chi connectivity index (χ2v) is 8.39. The molecule has 3 aromatic rings. The number of urea groups is 1. The quantitative estimate of drug-likeness (QED) is 0.470. The van der Waals surface area contributed by atoms with E-state index in [9.17, 15) is 9.59 Å². The molecule has 0 aliphatic carbocycles. The zero-order chi connectivity index (χ0) is 24.1. The summed E-state index contributed by atoms with van der Waals surface area (Å²) in [5.41, 5.74) is 2.58. The number of hydrogen-bond donors (Lipinski definition) is 2. The number of hydrogen-bond acceptors (Lipinski definition) is 8. The van der Waals surface area contributed by atoms with Crippen LogP contribution in [0, 0.1) is 0 Å². The van der Waals surface area contributed by atoms with E-state index in [1.165, 1.54) is 11.8 Å². The van der Waals surface area contributed by atoms with Crippen LogP contribution in [-0.4, -0.2) is 52.3 Å². The van der Waals surface area contributed by atoms with Gasteiger partial charge < -0.3 is 24.3 Å². The van der Waals surface area contributed by atoms with E-state index in [0.717, 1.165) is 24.3 Å². The third kappa shape index (κ3) is 5.25. The van der Waals surface area contributed by atoms with Gasteiger partial charge in [0.05, 0.1) is 5.75 Å². The molecule has 1 aliphatic rings. The number of aromatic nitrogens is 3. The number of rotatable bonds is 8. The summed E-state index contributed by atoms with van der Waals surface area (Å²) in [5.74, 6) is 1.43. The minimum absolute atomic E-state index is 0.0153. The SMILES string of the molecule is CCN(CC)c1ccc(-c2nnc(SCC(=O)NC(=O)Nc3ccc4c(c3)OCO4)n2C)cc1. The molecule has 3 amide bonds.